The molecule has 0 heterocycles. The molecule has 6 heteroatoms. The van der Waals surface area contributed by atoms with Gasteiger partial charge in [-0.15, -0.1) is 0 Å². The van der Waals surface area contributed by atoms with Crippen molar-refractivity contribution in [2.45, 2.75) is 36.6 Å². The topological polar surface area (TPSA) is 58.2 Å². The summed E-state index contributed by atoms with van der Waals surface area (Å²) in [5, 5.41) is 5.55. The van der Waals surface area contributed by atoms with E-state index in [9.17, 15) is 9.59 Å². The molecule has 2 aromatic rings. The normalized spacial score (nSPS) is 11.9. The molecular weight excluding hydrogens is 400 g/mol. The average Bonchev–Trinajstić information content (AvgIpc) is 2.56. The first-order valence-corrected chi connectivity index (χ1v) is 9.57. The molecule has 2 rings (SSSR count). The molecule has 2 N–H and O–H groups in total. The summed E-state index contributed by atoms with van der Waals surface area (Å²) in [5.41, 5.74) is 0.709. The van der Waals surface area contributed by atoms with E-state index in [-0.39, 0.29) is 17.7 Å². The molecule has 0 radical (unpaired) electrons. The van der Waals surface area contributed by atoms with E-state index >= 15 is 0 Å². The van der Waals surface area contributed by atoms with Crippen molar-refractivity contribution in [3.8, 4) is 0 Å². The van der Waals surface area contributed by atoms with Gasteiger partial charge in [-0.2, -0.15) is 0 Å². The SMILES string of the molecule is CC(=O)NC(C(=O)Nc1ccc(Sc2ccc(Br)cc2)cc1)C(C)C. The van der Waals surface area contributed by atoms with Crippen molar-refractivity contribution in [1.82, 2.24) is 5.32 Å². The molecule has 0 spiro atoms. The highest BCUT2D eigenvalue weighted by Gasteiger charge is 2.22. The number of nitrogens with one attached hydrogen (secondary N) is 2. The van der Waals surface area contributed by atoms with E-state index in [1.807, 2.05) is 62.4 Å². The summed E-state index contributed by atoms with van der Waals surface area (Å²) in [6.45, 7) is 5.22. The summed E-state index contributed by atoms with van der Waals surface area (Å²) in [6.07, 6.45) is 0. The first kappa shape index (κ1) is 19.5. The molecule has 2 amide bonds. The zero-order valence-electron chi connectivity index (χ0n) is 14.4. The summed E-state index contributed by atoms with van der Waals surface area (Å²) in [4.78, 5) is 25.8. The third-order valence-corrected chi connectivity index (χ3v) is 5.02. The number of benzene rings is 2. The van der Waals surface area contributed by atoms with E-state index in [1.165, 1.54) is 6.92 Å². The molecule has 4 nitrogen and oxygen atoms in total. The van der Waals surface area contributed by atoms with Crippen molar-refractivity contribution in [3.05, 3.63) is 53.0 Å². The Hall–Kier alpha value is -1.79. The molecular formula is C19H21BrN2O2S. The van der Waals surface area contributed by atoms with Crippen LogP contribution in [0.4, 0.5) is 5.69 Å². The highest BCUT2D eigenvalue weighted by molar-refractivity contribution is 9.10. The van der Waals surface area contributed by atoms with Gasteiger partial charge in [0.05, 0.1) is 0 Å². The van der Waals surface area contributed by atoms with Crippen LogP contribution in [0.5, 0.6) is 0 Å². The lowest BCUT2D eigenvalue weighted by atomic mass is 10.0. The van der Waals surface area contributed by atoms with Crippen molar-refractivity contribution in [3.63, 3.8) is 0 Å². The van der Waals surface area contributed by atoms with Crippen molar-refractivity contribution >= 4 is 45.2 Å². The van der Waals surface area contributed by atoms with Crippen LogP contribution in [0.15, 0.2) is 62.8 Å². The first-order chi connectivity index (χ1) is 11.8. The van der Waals surface area contributed by atoms with E-state index in [0.717, 1.165) is 14.3 Å². The maximum Gasteiger partial charge on any atom is 0.247 e. The fourth-order valence-corrected chi connectivity index (χ4v) is 3.30. The van der Waals surface area contributed by atoms with Gasteiger partial charge in [-0.1, -0.05) is 41.5 Å². The number of hydrogen-bond donors (Lipinski definition) is 2. The zero-order chi connectivity index (χ0) is 18.4. The summed E-state index contributed by atoms with van der Waals surface area (Å²) < 4.78 is 1.05. The Bertz CT molecular complexity index is 730. The van der Waals surface area contributed by atoms with E-state index < -0.39 is 6.04 Å². The van der Waals surface area contributed by atoms with Gasteiger partial charge in [0.1, 0.15) is 6.04 Å². The molecule has 1 atom stereocenters. The minimum atomic E-state index is -0.547. The smallest absolute Gasteiger partial charge is 0.247 e. The summed E-state index contributed by atoms with van der Waals surface area (Å²) in [6, 6.07) is 15.2. The van der Waals surface area contributed by atoms with Crippen LogP contribution in [0.1, 0.15) is 20.8 Å². The molecule has 2 aromatic carbocycles. The number of carbonyl (C=O) groups excluding carboxylic acids is 2. The minimum Gasteiger partial charge on any atom is -0.344 e. The maximum absolute atomic E-state index is 12.4. The molecule has 0 aliphatic carbocycles. The summed E-state index contributed by atoms with van der Waals surface area (Å²) in [7, 11) is 0. The fraction of sp³-hybridized carbons (Fsp3) is 0.263. The average molecular weight is 421 g/mol. The lowest BCUT2D eigenvalue weighted by molar-refractivity contribution is -0.126. The predicted molar refractivity (Wildman–Crippen MR) is 106 cm³/mol. The molecule has 0 fully saturated rings. The Balaban J connectivity index is 2.00. The molecule has 0 aliphatic rings. The van der Waals surface area contributed by atoms with Crippen LogP contribution in [0.3, 0.4) is 0 Å². The Morgan fingerprint density at radius 3 is 1.96 bits per heavy atom. The zero-order valence-corrected chi connectivity index (χ0v) is 16.8. The predicted octanol–water partition coefficient (Wildman–Crippen LogP) is 4.70. The summed E-state index contributed by atoms with van der Waals surface area (Å²) >= 11 is 5.08. The molecule has 0 bridgehead atoms. The second-order valence-electron chi connectivity index (χ2n) is 5.99. The van der Waals surface area contributed by atoms with Crippen LogP contribution in [0.25, 0.3) is 0 Å². The van der Waals surface area contributed by atoms with Gasteiger partial charge in [-0.25, -0.2) is 0 Å². The van der Waals surface area contributed by atoms with Gasteiger partial charge >= 0.3 is 0 Å². The molecule has 0 saturated heterocycles. The summed E-state index contributed by atoms with van der Waals surface area (Å²) in [5.74, 6) is -0.412. The lowest BCUT2D eigenvalue weighted by Crippen LogP contribution is -2.46. The quantitative estimate of drug-likeness (QED) is 0.711. The first-order valence-electron chi connectivity index (χ1n) is 7.96. The maximum atomic E-state index is 12.4. The molecule has 0 aromatic heterocycles. The Kier molecular flexibility index (Phi) is 7.08. The van der Waals surface area contributed by atoms with Crippen LogP contribution in [0, 0.1) is 5.92 Å². The fourth-order valence-electron chi connectivity index (χ4n) is 2.22. The highest BCUT2D eigenvalue weighted by Crippen LogP contribution is 2.29. The van der Waals surface area contributed by atoms with Crippen LogP contribution in [-0.4, -0.2) is 17.9 Å². The number of halogens is 1. The standard InChI is InChI=1S/C19H21BrN2O2S/c1-12(2)18(21-13(3)23)19(24)22-15-6-10-17(11-7-15)25-16-8-4-14(20)5-9-16/h4-12,18H,1-3H3,(H,21,23)(H,22,24). The number of amides is 2. The van der Waals surface area contributed by atoms with E-state index in [2.05, 4.69) is 26.6 Å². The van der Waals surface area contributed by atoms with Crippen molar-refractivity contribution in [1.29, 1.82) is 0 Å². The molecule has 25 heavy (non-hydrogen) atoms. The minimum absolute atomic E-state index is 0.0103. The molecule has 0 saturated carbocycles. The van der Waals surface area contributed by atoms with Crippen molar-refractivity contribution in [2.24, 2.45) is 5.92 Å². The molecule has 0 aliphatic heterocycles. The number of anilines is 1. The van der Waals surface area contributed by atoms with Crippen molar-refractivity contribution in [2.75, 3.05) is 5.32 Å². The van der Waals surface area contributed by atoms with Gasteiger partial charge in [0.2, 0.25) is 11.8 Å². The third kappa shape index (κ3) is 6.21. The van der Waals surface area contributed by atoms with Gasteiger partial charge < -0.3 is 10.6 Å². The van der Waals surface area contributed by atoms with Gasteiger partial charge in [-0.3, -0.25) is 9.59 Å². The Morgan fingerprint density at radius 1 is 0.960 bits per heavy atom. The van der Waals surface area contributed by atoms with E-state index in [1.54, 1.807) is 11.8 Å². The lowest BCUT2D eigenvalue weighted by Gasteiger charge is -2.21. The van der Waals surface area contributed by atoms with E-state index in [0.29, 0.717) is 5.69 Å². The number of hydrogen-bond acceptors (Lipinski definition) is 3. The Labute approximate surface area is 160 Å². The molecule has 132 valence electrons. The van der Waals surface area contributed by atoms with Gasteiger partial charge in [0.15, 0.2) is 0 Å². The van der Waals surface area contributed by atoms with Crippen LogP contribution in [-0.2, 0) is 9.59 Å². The largest absolute Gasteiger partial charge is 0.344 e. The van der Waals surface area contributed by atoms with Gasteiger partial charge in [0, 0.05) is 26.9 Å². The molecule has 1 unspecified atom stereocenters. The third-order valence-electron chi connectivity index (χ3n) is 3.48. The number of rotatable bonds is 6. The second kappa shape index (κ2) is 9.06. The highest BCUT2D eigenvalue weighted by atomic mass is 79.9. The van der Waals surface area contributed by atoms with Crippen LogP contribution < -0.4 is 10.6 Å². The van der Waals surface area contributed by atoms with Crippen LogP contribution >= 0.6 is 27.7 Å². The van der Waals surface area contributed by atoms with Crippen molar-refractivity contribution < 1.29 is 9.59 Å². The van der Waals surface area contributed by atoms with E-state index in [4.69, 9.17) is 0 Å². The Morgan fingerprint density at radius 2 is 1.48 bits per heavy atom. The van der Waals surface area contributed by atoms with Crippen LogP contribution in [0.2, 0.25) is 0 Å². The second-order valence-corrected chi connectivity index (χ2v) is 8.05. The number of carbonyl (C=O) groups is 2. The van der Waals surface area contributed by atoms with Gasteiger partial charge in [-0.05, 0) is 54.4 Å². The van der Waals surface area contributed by atoms with Gasteiger partial charge in [0.25, 0.3) is 0 Å². The monoisotopic (exact) mass is 420 g/mol.